The minimum absolute atomic E-state index is 0.280. The van der Waals surface area contributed by atoms with Gasteiger partial charge >= 0.3 is 5.97 Å². The summed E-state index contributed by atoms with van der Waals surface area (Å²) in [4.78, 5) is 36.8. The molecule has 6 heteroatoms. The zero-order valence-corrected chi connectivity index (χ0v) is 17.1. The Morgan fingerprint density at radius 2 is 1.52 bits per heavy atom. The molecule has 0 aliphatic carbocycles. The number of carboxylic acid groups (broad SMARTS) is 1. The van der Waals surface area contributed by atoms with Gasteiger partial charge in [0.1, 0.15) is 6.04 Å². The Labute approximate surface area is 161 Å². The molecule has 1 rings (SSSR count). The summed E-state index contributed by atoms with van der Waals surface area (Å²) < 4.78 is 0. The Hall–Kier alpha value is -2.37. The number of carbonyl (C=O) groups is 3. The van der Waals surface area contributed by atoms with Crippen LogP contribution in [0.1, 0.15) is 53.5 Å². The van der Waals surface area contributed by atoms with Crippen molar-refractivity contribution in [3.63, 3.8) is 0 Å². The van der Waals surface area contributed by atoms with Crippen molar-refractivity contribution in [2.75, 3.05) is 0 Å². The van der Waals surface area contributed by atoms with Crippen LogP contribution in [0.5, 0.6) is 0 Å². The van der Waals surface area contributed by atoms with E-state index in [9.17, 15) is 19.5 Å². The Morgan fingerprint density at radius 1 is 0.963 bits per heavy atom. The molecule has 0 spiro atoms. The predicted molar refractivity (Wildman–Crippen MR) is 105 cm³/mol. The number of rotatable bonds is 7. The smallest absolute Gasteiger partial charge is 0.304 e. The molecule has 150 valence electrons. The van der Waals surface area contributed by atoms with E-state index in [1.54, 1.807) is 0 Å². The van der Waals surface area contributed by atoms with Crippen molar-refractivity contribution >= 4 is 17.8 Å². The molecular weight excluding hydrogens is 344 g/mol. The molecule has 27 heavy (non-hydrogen) atoms. The number of carbonyl (C=O) groups excluding carboxylic acids is 2. The summed E-state index contributed by atoms with van der Waals surface area (Å²) in [6.07, 6.45) is 0.00913. The summed E-state index contributed by atoms with van der Waals surface area (Å²) in [5, 5.41) is 14.9. The van der Waals surface area contributed by atoms with Crippen LogP contribution in [0.2, 0.25) is 0 Å². The molecule has 3 N–H and O–H groups in total. The molecular formula is C21H32N2O4. The number of hydrogen-bond acceptors (Lipinski definition) is 3. The summed E-state index contributed by atoms with van der Waals surface area (Å²) in [5.41, 5.74) is -0.0771. The molecule has 0 aromatic heterocycles. The van der Waals surface area contributed by atoms with E-state index in [0.29, 0.717) is 6.42 Å². The first kappa shape index (κ1) is 22.7. The van der Waals surface area contributed by atoms with Crippen LogP contribution in [0.3, 0.4) is 0 Å². The molecule has 0 aliphatic heterocycles. The maximum Gasteiger partial charge on any atom is 0.304 e. The van der Waals surface area contributed by atoms with Gasteiger partial charge in [0.2, 0.25) is 11.8 Å². The van der Waals surface area contributed by atoms with Crippen LogP contribution >= 0.6 is 0 Å². The maximum atomic E-state index is 12.9. The number of nitrogens with one attached hydrogen (secondary N) is 2. The van der Waals surface area contributed by atoms with E-state index >= 15 is 0 Å². The van der Waals surface area contributed by atoms with Crippen LogP contribution in [0.15, 0.2) is 30.3 Å². The van der Waals surface area contributed by atoms with Crippen molar-refractivity contribution in [2.45, 2.75) is 66.0 Å². The molecule has 6 nitrogen and oxygen atoms in total. The molecule has 0 heterocycles. The Kier molecular flexibility index (Phi) is 7.57. The van der Waals surface area contributed by atoms with Crippen molar-refractivity contribution < 1.29 is 19.5 Å². The molecule has 0 aliphatic rings. The molecule has 0 bridgehead atoms. The first-order valence-corrected chi connectivity index (χ1v) is 9.17. The summed E-state index contributed by atoms with van der Waals surface area (Å²) in [6, 6.07) is 8.50. The second-order valence-electron chi connectivity index (χ2n) is 9.03. The van der Waals surface area contributed by atoms with Crippen LogP contribution in [0, 0.1) is 11.3 Å². The lowest BCUT2D eigenvalue weighted by Gasteiger charge is -2.34. The molecule has 1 unspecified atom stereocenters. The Bertz CT molecular complexity index is 657. The number of hydrogen-bond donors (Lipinski definition) is 3. The normalized spacial score (nSPS) is 14.1. The summed E-state index contributed by atoms with van der Waals surface area (Å²) in [7, 11) is 0. The van der Waals surface area contributed by atoms with Crippen molar-refractivity contribution in [2.24, 2.45) is 11.3 Å². The van der Waals surface area contributed by atoms with E-state index in [-0.39, 0.29) is 12.3 Å². The Balaban J connectivity index is 3.00. The standard InChI is InChI=1S/C21H32N2O4/c1-20(2,3)17(19(27)23-21(4,5)6)22-18(26)15(13-16(24)25)12-14-10-8-7-9-11-14/h7-11,15,17H,12-13H2,1-6H3,(H,22,26)(H,23,27)(H,24,25)/t15-,17?/m1/s1. The van der Waals surface area contributed by atoms with Crippen molar-refractivity contribution in [1.29, 1.82) is 0 Å². The van der Waals surface area contributed by atoms with E-state index in [2.05, 4.69) is 10.6 Å². The highest BCUT2D eigenvalue weighted by Gasteiger charge is 2.36. The van der Waals surface area contributed by atoms with Gasteiger partial charge in [0.15, 0.2) is 0 Å². The van der Waals surface area contributed by atoms with Gasteiger partial charge < -0.3 is 15.7 Å². The van der Waals surface area contributed by atoms with E-state index in [0.717, 1.165) is 5.56 Å². The van der Waals surface area contributed by atoms with Crippen molar-refractivity contribution in [1.82, 2.24) is 10.6 Å². The minimum Gasteiger partial charge on any atom is -0.481 e. The lowest BCUT2D eigenvalue weighted by Crippen LogP contribution is -2.58. The van der Waals surface area contributed by atoms with Crippen LogP contribution < -0.4 is 10.6 Å². The van der Waals surface area contributed by atoms with Gasteiger partial charge in [-0.3, -0.25) is 14.4 Å². The summed E-state index contributed by atoms with van der Waals surface area (Å²) in [6.45, 7) is 11.2. The van der Waals surface area contributed by atoms with Gasteiger partial charge in [-0.05, 0) is 38.2 Å². The SMILES string of the molecule is CC(C)(C)NC(=O)C(NC(=O)[C@@H](CC(=O)O)Cc1ccccc1)C(C)(C)C. The second kappa shape index (κ2) is 9.02. The van der Waals surface area contributed by atoms with Crippen LogP contribution in [0.25, 0.3) is 0 Å². The summed E-state index contributed by atoms with van der Waals surface area (Å²) >= 11 is 0. The van der Waals surface area contributed by atoms with Gasteiger partial charge in [0.25, 0.3) is 0 Å². The van der Waals surface area contributed by atoms with Gasteiger partial charge in [-0.15, -0.1) is 0 Å². The molecule has 2 atom stereocenters. The molecule has 0 radical (unpaired) electrons. The van der Waals surface area contributed by atoms with E-state index in [1.807, 2.05) is 71.9 Å². The fourth-order valence-electron chi connectivity index (χ4n) is 2.74. The average molecular weight is 376 g/mol. The first-order valence-electron chi connectivity index (χ1n) is 9.17. The number of carboxylic acids is 1. The quantitative estimate of drug-likeness (QED) is 0.682. The lowest BCUT2D eigenvalue weighted by atomic mass is 9.84. The highest BCUT2D eigenvalue weighted by molar-refractivity contribution is 5.90. The van der Waals surface area contributed by atoms with Gasteiger partial charge in [0, 0.05) is 5.54 Å². The average Bonchev–Trinajstić information content (AvgIpc) is 2.49. The molecule has 1 aromatic carbocycles. The zero-order chi connectivity index (χ0) is 20.8. The van der Waals surface area contributed by atoms with Gasteiger partial charge in [-0.1, -0.05) is 51.1 Å². The fourth-order valence-corrected chi connectivity index (χ4v) is 2.74. The molecule has 0 fully saturated rings. The highest BCUT2D eigenvalue weighted by Crippen LogP contribution is 2.22. The van der Waals surface area contributed by atoms with Crippen molar-refractivity contribution in [3.05, 3.63) is 35.9 Å². The second-order valence-corrected chi connectivity index (χ2v) is 9.03. The number of aliphatic carboxylic acids is 1. The van der Waals surface area contributed by atoms with E-state index in [1.165, 1.54) is 0 Å². The van der Waals surface area contributed by atoms with Gasteiger partial charge in [-0.2, -0.15) is 0 Å². The summed E-state index contributed by atoms with van der Waals surface area (Å²) in [5.74, 6) is -2.50. The molecule has 1 aromatic rings. The van der Waals surface area contributed by atoms with Gasteiger partial charge in [0.05, 0.1) is 12.3 Å². The van der Waals surface area contributed by atoms with Gasteiger partial charge in [-0.25, -0.2) is 0 Å². The molecule has 0 saturated heterocycles. The largest absolute Gasteiger partial charge is 0.481 e. The fraction of sp³-hybridized carbons (Fsp3) is 0.571. The number of amides is 2. The third kappa shape index (κ3) is 8.24. The highest BCUT2D eigenvalue weighted by atomic mass is 16.4. The number of benzene rings is 1. The molecule has 0 saturated carbocycles. The minimum atomic E-state index is -1.04. The topological polar surface area (TPSA) is 95.5 Å². The third-order valence-electron chi connectivity index (χ3n) is 4.03. The van der Waals surface area contributed by atoms with E-state index in [4.69, 9.17) is 0 Å². The zero-order valence-electron chi connectivity index (χ0n) is 17.1. The Morgan fingerprint density at radius 3 is 1.96 bits per heavy atom. The van der Waals surface area contributed by atoms with Crippen LogP contribution in [0.4, 0.5) is 0 Å². The third-order valence-corrected chi connectivity index (χ3v) is 4.03. The first-order chi connectivity index (χ1) is 12.3. The monoisotopic (exact) mass is 376 g/mol. The van der Waals surface area contributed by atoms with Crippen LogP contribution in [-0.4, -0.2) is 34.5 Å². The lowest BCUT2D eigenvalue weighted by molar-refractivity contribution is -0.142. The predicted octanol–water partition coefficient (Wildman–Crippen LogP) is 2.77. The maximum absolute atomic E-state index is 12.9. The van der Waals surface area contributed by atoms with Crippen molar-refractivity contribution in [3.8, 4) is 0 Å². The van der Waals surface area contributed by atoms with Crippen LogP contribution in [-0.2, 0) is 20.8 Å². The van der Waals surface area contributed by atoms with E-state index < -0.39 is 34.8 Å². The molecule has 2 amide bonds.